The first kappa shape index (κ1) is 13.7. The molecule has 0 aliphatic rings. The summed E-state index contributed by atoms with van der Waals surface area (Å²) in [7, 11) is 0. The summed E-state index contributed by atoms with van der Waals surface area (Å²) in [5, 5.41) is 14.9. The molecule has 0 unspecified atom stereocenters. The number of nitrogens with one attached hydrogen (secondary N) is 2. The van der Waals surface area contributed by atoms with Gasteiger partial charge in [-0.15, -0.1) is 0 Å². The molecule has 0 atom stereocenters. The largest absolute Gasteiger partial charge is 0.354 e. The molecule has 0 radical (unpaired) electrons. The number of hydrogen-bond acceptors (Lipinski definition) is 5. The van der Waals surface area contributed by atoms with Crippen molar-refractivity contribution in [3.8, 4) is 6.07 Å². The maximum Gasteiger partial charge on any atom is 0.224 e. The van der Waals surface area contributed by atoms with Crippen molar-refractivity contribution in [3.05, 3.63) is 41.8 Å². The maximum absolute atomic E-state index is 13.2. The van der Waals surface area contributed by atoms with Crippen LogP contribution in [0.4, 0.5) is 21.8 Å². The third kappa shape index (κ3) is 3.42. The smallest absolute Gasteiger partial charge is 0.224 e. The highest BCUT2D eigenvalue weighted by Gasteiger charge is 2.04. The number of rotatable bonds is 5. The lowest BCUT2D eigenvalue weighted by molar-refractivity contribution is 0.624. The van der Waals surface area contributed by atoms with E-state index in [0.717, 1.165) is 13.0 Å². The Labute approximate surface area is 116 Å². The van der Waals surface area contributed by atoms with Gasteiger partial charge in [-0.3, -0.25) is 0 Å². The standard InChI is InChI=1S/C14H14FN5/c1-2-6-17-14-18-7-5-13(20-14)19-11-3-4-12(15)10(8-11)9-16/h3-5,7-8H,2,6H2,1H3,(H2,17,18,19,20). The summed E-state index contributed by atoms with van der Waals surface area (Å²) in [6.45, 7) is 2.84. The fourth-order valence-corrected chi connectivity index (χ4v) is 1.59. The van der Waals surface area contributed by atoms with Crippen LogP contribution in [0.15, 0.2) is 30.5 Å². The first-order valence-corrected chi connectivity index (χ1v) is 6.26. The predicted molar refractivity (Wildman–Crippen MR) is 75.2 cm³/mol. The van der Waals surface area contributed by atoms with Gasteiger partial charge in [0.15, 0.2) is 0 Å². The van der Waals surface area contributed by atoms with Gasteiger partial charge in [-0.25, -0.2) is 9.37 Å². The highest BCUT2D eigenvalue weighted by Crippen LogP contribution is 2.18. The second-order valence-corrected chi connectivity index (χ2v) is 4.12. The molecule has 0 aliphatic carbocycles. The van der Waals surface area contributed by atoms with Crippen LogP contribution in [0.1, 0.15) is 18.9 Å². The Bertz CT molecular complexity index is 636. The van der Waals surface area contributed by atoms with Crippen molar-refractivity contribution in [2.75, 3.05) is 17.2 Å². The molecule has 5 nitrogen and oxygen atoms in total. The van der Waals surface area contributed by atoms with Crippen LogP contribution in [0, 0.1) is 17.1 Å². The summed E-state index contributed by atoms with van der Waals surface area (Å²) in [5.41, 5.74) is 0.594. The van der Waals surface area contributed by atoms with Crippen LogP contribution >= 0.6 is 0 Å². The zero-order valence-corrected chi connectivity index (χ0v) is 11.0. The number of aromatic nitrogens is 2. The van der Waals surface area contributed by atoms with E-state index in [4.69, 9.17) is 5.26 Å². The van der Waals surface area contributed by atoms with E-state index >= 15 is 0 Å². The number of anilines is 3. The van der Waals surface area contributed by atoms with Crippen molar-refractivity contribution in [3.63, 3.8) is 0 Å². The molecule has 1 aromatic heterocycles. The van der Waals surface area contributed by atoms with Gasteiger partial charge in [0.1, 0.15) is 17.7 Å². The predicted octanol–water partition coefficient (Wildman–Crippen LogP) is 3.05. The molecule has 1 heterocycles. The molecule has 0 aliphatic heterocycles. The summed E-state index contributed by atoms with van der Waals surface area (Å²) < 4.78 is 13.2. The van der Waals surface area contributed by atoms with E-state index in [1.54, 1.807) is 24.4 Å². The Hall–Kier alpha value is -2.68. The number of halogens is 1. The normalized spacial score (nSPS) is 9.85. The van der Waals surface area contributed by atoms with Gasteiger partial charge in [0.05, 0.1) is 5.56 Å². The lowest BCUT2D eigenvalue weighted by Crippen LogP contribution is -2.05. The zero-order chi connectivity index (χ0) is 14.4. The second kappa shape index (κ2) is 6.48. The molecule has 0 saturated carbocycles. The van der Waals surface area contributed by atoms with Gasteiger partial charge in [-0.1, -0.05) is 6.92 Å². The van der Waals surface area contributed by atoms with E-state index < -0.39 is 5.82 Å². The van der Waals surface area contributed by atoms with Crippen LogP contribution < -0.4 is 10.6 Å². The van der Waals surface area contributed by atoms with Gasteiger partial charge in [-0.05, 0) is 30.7 Å². The van der Waals surface area contributed by atoms with Gasteiger partial charge in [-0.2, -0.15) is 10.2 Å². The molecular formula is C14H14FN5. The molecule has 0 bridgehead atoms. The van der Waals surface area contributed by atoms with Crippen molar-refractivity contribution < 1.29 is 4.39 Å². The van der Waals surface area contributed by atoms with Crippen LogP contribution in [0.3, 0.4) is 0 Å². The lowest BCUT2D eigenvalue weighted by Gasteiger charge is -2.08. The van der Waals surface area contributed by atoms with E-state index in [-0.39, 0.29) is 5.56 Å². The SMILES string of the molecule is CCCNc1nccc(Nc2ccc(F)c(C#N)c2)n1. The number of nitrogens with zero attached hydrogens (tertiary/aromatic N) is 3. The zero-order valence-electron chi connectivity index (χ0n) is 11.0. The third-order valence-corrected chi connectivity index (χ3v) is 2.55. The molecule has 2 rings (SSSR count). The summed E-state index contributed by atoms with van der Waals surface area (Å²) >= 11 is 0. The highest BCUT2D eigenvalue weighted by molar-refractivity contribution is 5.59. The molecule has 102 valence electrons. The minimum atomic E-state index is -0.536. The average molecular weight is 271 g/mol. The van der Waals surface area contributed by atoms with E-state index in [1.807, 2.05) is 0 Å². The van der Waals surface area contributed by atoms with Gasteiger partial charge in [0.25, 0.3) is 0 Å². The molecule has 2 aromatic rings. The first-order chi connectivity index (χ1) is 9.72. The van der Waals surface area contributed by atoms with Crippen LogP contribution in [0.5, 0.6) is 0 Å². The molecule has 20 heavy (non-hydrogen) atoms. The maximum atomic E-state index is 13.2. The van der Waals surface area contributed by atoms with Crippen molar-refractivity contribution in [1.29, 1.82) is 5.26 Å². The van der Waals surface area contributed by atoms with Gasteiger partial charge in [0, 0.05) is 18.4 Å². The van der Waals surface area contributed by atoms with E-state index in [1.165, 1.54) is 12.1 Å². The second-order valence-electron chi connectivity index (χ2n) is 4.12. The lowest BCUT2D eigenvalue weighted by atomic mass is 10.2. The van der Waals surface area contributed by atoms with Crippen molar-refractivity contribution >= 4 is 17.5 Å². The third-order valence-electron chi connectivity index (χ3n) is 2.55. The Balaban J connectivity index is 2.15. The van der Waals surface area contributed by atoms with E-state index in [0.29, 0.717) is 17.5 Å². The number of benzene rings is 1. The molecule has 0 spiro atoms. The van der Waals surface area contributed by atoms with Crippen LogP contribution in [-0.4, -0.2) is 16.5 Å². The Morgan fingerprint density at radius 2 is 2.20 bits per heavy atom. The molecular weight excluding hydrogens is 257 g/mol. The molecule has 6 heteroatoms. The average Bonchev–Trinajstić information content (AvgIpc) is 2.47. The summed E-state index contributed by atoms with van der Waals surface area (Å²) in [4.78, 5) is 8.37. The van der Waals surface area contributed by atoms with Gasteiger partial charge in [0.2, 0.25) is 5.95 Å². The molecule has 1 aromatic carbocycles. The minimum Gasteiger partial charge on any atom is -0.354 e. The minimum absolute atomic E-state index is 0.00612. The summed E-state index contributed by atoms with van der Waals surface area (Å²) in [6.07, 6.45) is 2.60. The highest BCUT2D eigenvalue weighted by atomic mass is 19.1. The van der Waals surface area contributed by atoms with Gasteiger partial charge < -0.3 is 10.6 Å². The first-order valence-electron chi connectivity index (χ1n) is 6.26. The van der Waals surface area contributed by atoms with E-state index in [9.17, 15) is 4.39 Å². The quantitative estimate of drug-likeness (QED) is 0.874. The van der Waals surface area contributed by atoms with Crippen molar-refractivity contribution in [2.45, 2.75) is 13.3 Å². The van der Waals surface area contributed by atoms with Crippen LogP contribution in [0.25, 0.3) is 0 Å². The number of nitriles is 1. The van der Waals surface area contributed by atoms with Crippen LogP contribution in [-0.2, 0) is 0 Å². The Morgan fingerprint density at radius 3 is 2.95 bits per heavy atom. The summed E-state index contributed by atoms with van der Waals surface area (Å²) in [5.74, 6) is 0.569. The Morgan fingerprint density at radius 1 is 1.35 bits per heavy atom. The fraction of sp³-hybridized carbons (Fsp3) is 0.214. The monoisotopic (exact) mass is 271 g/mol. The van der Waals surface area contributed by atoms with E-state index in [2.05, 4.69) is 27.5 Å². The van der Waals surface area contributed by atoms with Crippen molar-refractivity contribution in [1.82, 2.24) is 9.97 Å². The molecule has 0 amide bonds. The summed E-state index contributed by atoms with van der Waals surface area (Å²) in [6, 6.07) is 7.74. The molecule has 0 saturated heterocycles. The van der Waals surface area contributed by atoms with Crippen LogP contribution in [0.2, 0.25) is 0 Å². The fourth-order valence-electron chi connectivity index (χ4n) is 1.59. The number of hydrogen-bond donors (Lipinski definition) is 2. The van der Waals surface area contributed by atoms with Crippen molar-refractivity contribution in [2.24, 2.45) is 0 Å². The molecule has 0 fully saturated rings. The topological polar surface area (TPSA) is 73.6 Å². The molecule has 2 N–H and O–H groups in total. The van der Waals surface area contributed by atoms with Gasteiger partial charge >= 0.3 is 0 Å². The Kier molecular flexibility index (Phi) is 4.45.